The lowest BCUT2D eigenvalue weighted by molar-refractivity contribution is -0.130. The largest absolute Gasteiger partial charge is 0.491 e. The molecule has 10 heteroatoms. The summed E-state index contributed by atoms with van der Waals surface area (Å²) in [5.74, 6) is 0.00300. The molecule has 0 radical (unpaired) electrons. The zero-order valence-corrected chi connectivity index (χ0v) is 22.4. The molecule has 1 fully saturated rings. The van der Waals surface area contributed by atoms with Crippen molar-refractivity contribution in [2.75, 3.05) is 39.6 Å². The van der Waals surface area contributed by atoms with Crippen molar-refractivity contribution in [2.45, 2.75) is 38.3 Å². The fraction of sp³-hybridized carbons (Fsp3) is 0.429. The first-order valence-corrected chi connectivity index (χ1v) is 12.8. The summed E-state index contributed by atoms with van der Waals surface area (Å²) in [6.45, 7) is 4.91. The van der Waals surface area contributed by atoms with E-state index in [4.69, 9.17) is 4.74 Å². The number of carbonyl (C=O) groups is 2. The van der Waals surface area contributed by atoms with E-state index in [1.807, 2.05) is 42.9 Å². The van der Waals surface area contributed by atoms with Crippen molar-refractivity contribution in [3.05, 3.63) is 71.1 Å². The molecule has 2 aromatic heterocycles. The number of ether oxygens (including phenoxy) is 1. The highest BCUT2D eigenvalue weighted by atomic mass is 19.1. The van der Waals surface area contributed by atoms with E-state index in [0.29, 0.717) is 37.4 Å². The fourth-order valence-corrected chi connectivity index (χ4v) is 5.59. The Morgan fingerprint density at radius 2 is 2.11 bits per heavy atom. The van der Waals surface area contributed by atoms with Crippen LogP contribution in [0.3, 0.4) is 0 Å². The molecule has 3 unspecified atom stereocenters. The molecule has 9 nitrogen and oxygen atoms in total. The van der Waals surface area contributed by atoms with E-state index in [0.717, 1.165) is 23.3 Å². The number of imidazole rings is 1. The van der Waals surface area contributed by atoms with Crippen molar-refractivity contribution in [1.29, 1.82) is 0 Å². The molecule has 1 spiro atoms. The van der Waals surface area contributed by atoms with Gasteiger partial charge in [0.15, 0.2) is 11.6 Å². The number of hydrogen-bond donors (Lipinski definition) is 1. The van der Waals surface area contributed by atoms with Crippen LogP contribution in [0.2, 0.25) is 0 Å². The third-order valence-electron chi connectivity index (χ3n) is 7.71. The van der Waals surface area contributed by atoms with Crippen LogP contribution in [0.5, 0.6) is 5.75 Å². The van der Waals surface area contributed by atoms with Crippen LogP contribution in [0.15, 0.2) is 42.9 Å². The zero-order chi connectivity index (χ0) is 27.2. The Bertz CT molecular complexity index is 1390. The quantitative estimate of drug-likeness (QED) is 0.489. The molecular formula is C28H33FN6O3. The van der Waals surface area contributed by atoms with Gasteiger partial charge in [-0.15, -0.1) is 0 Å². The van der Waals surface area contributed by atoms with E-state index in [-0.39, 0.29) is 23.5 Å². The number of amides is 2. The minimum atomic E-state index is -0.543. The molecule has 1 N–H and O–H groups in total. The van der Waals surface area contributed by atoms with Crippen LogP contribution in [0, 0.1) is 11.7 Å². The molecule has 1 aliphatic heterocycles. The van der Waals surface area contributed by atoms with Crippen LogP contribution in [0.4, 0.5) is 10.3 Å². The third kappa shape index (κ3) is 4.27. The van der Waals surface area contributed by atoms with Crippen molar-refractivity contribution in [2.24, 2.45) is 5.92 Å². The summed E-state index contributed by atoms with van der Waals surface area (Å²) >= 11 is 0. The number of aromatic nitrogens is 3. The van der Waals surface area contributed by atoms with E-state index < -0.39 is 17.3 Å². The molecule has 3 aromatic rings. The van der Waals surface area contributed by atoms with Crippen LogP contribution in [0.25, 0.3) is 0 Å². The minimum Gasteiger partial charge on any atom is -0.491 e. The minimum absolute atomic E-state index is 0.0533. The first-order chi connectivity index (χ1) is 18.2. The zero-order valence-electron chi connectivity index (χ0n) is 22.4. The van der Waals surface area contributed by atoms with Gasteiger partial charge in [0.2, 0.25) is 11.9 Å². The van der Waals surface area contributed by atoms with E-state index in [2.05, 4.69) is 15.3 Å². The number of nitrogens with one attached hydrogen (secondary N) is 1. The Morgan fingerprint density at radius 1 is 1.32 bits per heavy atom. The molecule has 200 valence electrons. The average molecular weight is 521 g/mol. The molecular weight excluding hydrogens is 487 g/mol. The maximum Gasteiger partial charge on any atom is 0.254 e. The average Bonchev–Trinajstić information content (AvgIpc) is 3.44. The molecule has 38 heavy (non-hydrogen) atoms. The van der Waals surface area contributed by atoms with E-state index in [9.17, 15) is 14.0 Å². The normalized spacial score (nSPS) is 20.7. The number of hydrogen-bond acceptors (Lipinski definition) is 6. The summed E-state index contributed by atoms with van der Waals surface area (Å²) in [4.78, 5) is 39.0. The Balaban J connectivity index is 1.54. The summed E-state index contributed by atoms with van der Waals surface area (Å²) in [5.41, 5.74) is 2.52. The van der Waals surface area contributed by atoms with Gasteiger partial charge in [0.05, 0.1) is 37.0 Å². The highest BCUT2D eigenvalue weighted by Crippen LogP contribution is 2.59. The molecule has 3 heterocycles. The van der Waals surface area contributed by atoms with Crippen LogP contribution in [0.1, 0.15) is 53.5 Å². The number of rotatable bonds is 8. The highest BCUT2D eigenvalue weighted by molar-refractivity contribution is 5.99. The fourth-order valence-electron chi connectivity index (χ4n) is 5.59. The summed E-state index contributed by atoms with van der Waals surface area (Å²) in [7, 11) is 5.33. The number of benzene rings is 1. The molecule has 1 aliphatic carbocycles. The standard InChI is InChI=1S/C28H33FN6O3/c1-6-38-24-12-23(32-14-22(24)29)17(2)35-16-28(13-21(28)26(37)33(4)5)20-8-7-18(11-19(20)25(35)36)15-34-10-9-31-27(34)30-3/h7-12,14,17,21H,6,13,15-16H2,1-5H3,(H,30,31). The van der Waals surface area contributed by atoms with Crippen LogP contribution in [-0.4, -0.2) is 70.4 Å². The van der Waals surface area contributed by atoms with Gasteiger partial charge in [0.25, 0.3) is 5.91 Å². The van der Waals surface area contributed by atoms with Gasteiger partial charge in [0.1, 0.15) is 0 Å². The van der Waals surface area contributed by atoms with Gasteiger partial charge in [-0.2, -0.15) is 0 Å². The lowest BCUT2D eigenvalue weighted by atomic mass is 9.82. The number of carbonyl (C=O) groups excluding carboxylic acids is 2. The molecule has 1 saturated carbocycles. The second-order valence-electron chi connectivity index (χ2n) is 10.2. The van der Waals surface area contributed by atoms with Crippen molar-refractivity contribution < 1.29 is 18.7 Å². The van der Waals surface area contributed by atoms with Gasteiger partial charge in [-0.25, -0.2) is 9.37 Å². The monoisotopic (exact) mass is 520 g/mol. The van der Waals surface area contributed by atoms with E-state index >= 15 is 0 Å². The maximum atomic E-state index is 14.2. The summed E-state index contributed by atoms with van der Waals surface area (Å²) < 4.78 is 21.6. The summed E-state index contributed by atoms with van der Waals surface area (Å²) in [6.07, 6.45) is 5.40. The summed E-state index contributed by atoms with van der Waals surface area (Å²) in [5, 5.41) is 3.07. The maximum absolute atomic E-state index is 14.2. The molecule has 3 atom stereocenters. The Kier molecular flexibility index (Phi) is 6.58. The van der Waals surface area contributed by atoms with Crippen molar-refractivity contribution in [3.8, 4) is 5.75 Å². The van der Waals surface area contributed by atoms with Gasteiger partial charge in [-0.3, -0.25) is 14.6 Å². The van der Waals surface area contributed by atoms with Crippen molar-refractivity contribution >= 4 is 17.8 Å². The molecule has 1 aromatic carbocycles. The SMILES string of the molecule is CCOc1cc(C(C)N2CC3(CC3C(=O)N(C)C)c3ccc(Cn4ccnc4NC)cc3C2=O)ncc1F. The lowest BCUT2D eigenvalue weighted by Crippen LogP contribution is -2.46. The third-order valence-corrected chi connectivity index (χ3v) is 7.71. The van der Waals surface area contributed by atoms with Gasteiger partial charge < -0.3 is 24.4 Å². The smallest absolute Gasteiger partial charge is 0.254 e. The number of pyridine rings is 1. The highest BCUT2D eigenvalue weighted by Gasteiger charge is 2.63. The second-order valence-corrected chi connectivity index (χ2v) is 10.2. The predicted octanol–water partition coefficient (Wildman–Crippen LogP) is 3.47. The topological polar surface area (TPSA) is 92.6 Å². The number of anilines is 1. The van der Waals surface area contributed by atoms with Gasteiger partial charge in [-0.1, -0.05) is 12.1 Å². The van der Waals surface area contributed by atoms with Gasteiger partial charge in [-0.05, 0) is 37.5 Å². The van der Waals surface area contributed by atoms with Crippen molar-refractivity contribution in [3.63, 3.8) is 0 Å². The predicted molar refractivity (Wildman–Crippen MR) is 141 cm³/mol. The molecule has 0 bridgehead atoms. The summed E-state index contributed by atoms with van der Waals surface area (Å²) in [6, 6.07) is 7.07. The number of halogens is 1. The van der Waals surface area contributed by atoms with Crippen LogP contribution >= 0.6 is 0 Å². The Labute approximate surface area is 221 Å². The van der Waals surface area contributed by atoms with Gasteiger partial charge in [0, 0.05) is 57.1 Å². The van der Waals surface area contributed by atoms with Gasteiger partial charge >= 0.3 is 0 Å². The van der Waals surface area contributed by atoms with Crippen molar-refractivity contribution in [1.82, 2.24) is 24.3 Å². The van der Waals surface area contributed by atoms with Crippen LogP contribution in [-0.2, 0) is 16.8 Å². The molecule has 0 saturated heterocycles. The first-order valence-electron chi connectivity index (χ1n) is 12.8. The second kappa shape index (κ2) is 9.74. The molecule has 5 rings (SSSR count). The molecule has 2 amide bonds. The molecule has 2 aliphatic rings. The van der Waals surface area contributed by atoms with E-state index in [1.54, 1.807) is 43.1 Å². The Hall–Kier alpha value is -3.95. The van der Waals surface area contributed by atoms with Crippen LogP contribution < -0.4 is 10.1 Å². The first kappa shape index (κ1) is 25.7. The number of fused-ring (bicyclic) bond motifs is 2. The number of nitrogens with zero attached hydrogens (tertiary/aromatic N) is 5. The Morgan fingerprint density at radius 3 is 2.82 bits per heavy atom. The lowest BCUT2D eigenvalue weighted by Gasteiger charge is -2.39. The van der Waals surface area contributed by atoms with E-state index in [1.165, 1.54) is 0 Å².